The van der Waals surface area contributed by atoms with Crippen molar-refractivity contribution >= 4 is 12.0 Å². The average Bonchev–Trinajstić information content (AvgIpc) is 3.03. The molecule has 1 saturated heterocycles. The number of hydrogen-bond donors (Lipinski definition) is 1. The molecule has 1 aliphatic rings. The van der Waals surface area contributed by atoms with Gasteiger partial charge in [0.05, 0.1) is 5.69 Å². The lowest BCUT2D eigenvalue weighted by atomic mass is 10.2. The van der Waals surface area contributed by atoms with E-state index in [1.807, 2.05) is 31.2 Å². The van der Waals surface area contributed by atoms with Gasteiger partial charge >= 0.3 is 6.09 Å². The molecule has 0 radical (unpaired) electrons. The molecule has 1 aromatic carbocycles. The van der Waals surface area contributed by atoms with Gasteiger partial charge in [0, 0.05) is 25.7 Å². The summed E-state index contributed by atoms with van der Waals surface area (Å²) in [5, 5.41) is 13.4. The summed E-state index contributed by atoms with van der Waals surface area (Å²) in [7, 11) is 0. The monoisotopic (exact) mass is 329 g/mol. The molecule has 1 N–H and O–H groups in total. The van der Waals surface area contributed by atoms with Gasteiger partial charge in [-0.25, -0.2) is 14.5 Å². The van der Waals surface area contributed by atoms with Crippen molar-refractivity contribution in [3.8, 4) is 5.69 Å². The fraction of sp³-hybridized carbons (Fsp3) is 0.375. The van der Waals surface area contributed by atoms with Crippen molar-refractivity contribution in [2.45, 2.75) is 19.9 Å². The quantitative estimate of drug-likeness (QED) is 0.899. The van der Waals surface area contributed by atoms with Crippen molar-refractivity contribution in [3.05, 3.63) is 42.0 Å². The highest BCUT2D eigenvalue weighted by molar-refractivity contribution is 5.90. The van der Waals surface area contributed by atoms with Gasteiger partial charge in [0.25, 0.3) is 5.91 Å². The van der Waals surface area contributed by atoms with Crippen LogP contribution in [-0.2, 0) is 0 Å². The Morgan fingerprint density at radius 3 is 2.75 bits per heavy atom. The minimum absolute atomic E-state index is 0.118. The van der Waals surface area contributed by atoms with Gasteiger partial charge < -0.3 is 14.9 Å². The van der Waals surface area contributed by atoms with Crippen LogP contribution in [0.3, 0.4) is 0 Å². The van der Waals surface area contributed by atoms with Crippen LogP contribution in [0.1, 0.15) is 23.1 Å². The standard InChI is InChI=1S/C16H19N5O3/c1-11-4-3-5-13(8-11)21-10-17-14(18-21)15(22)19-6-7-20(16(23)24)12(2)9-19/h3-5,8,10,12H,6-7,9H2,1-2H3,(H,23,24). The van der Waals surface area contributed by atoms with Gasteiger partial charge in [0.15, 0.2) is 0 Å². The first kappa shape index (κ1) is 16.0. The van der Waals surface area contributed by atoms with Crippen molar-refractivity contribution in [1.29, 1.82) is 0 Å². The normalized spacial score (nSPS) is 17.8. The Labute approximate surface area is 139 Å². The van der Waals surface area contributed by atoms with Crippen LogP contribution in [0.5, 0.6) is 0 Å². The van der Waals surface area contributed by atoms with E-state index >= 15 is 0 Å². The minimum Gasteiger partial charge on any atom is -0.465 e. The summed E-state index contributed by atoms with van der Waals surface area (Å²) in [6.07, 6.45) is 0.551. The first-order valence-corrected chi connectivity index (χ1v) is 7.73. The van der Waals surface area contributed by atoms with Crippen LogP contribution in [-0.4, -0.2) is 67.3 Å². The molecule has 8 heteroatoms. The molecule has 0 spiro atoms. The van der Waals surface area contributed by atoms with E-state index < -0.39 is 6.09 Å². The highest BCUT2D eigenvalue weighted by atomic mass is 16.4. The van der Waals surface area contributed by atoms with Crippen LogP contribution in [0.4, 0.5) is 4.79 Å². The predicted molar refractivity (Wildman–Crippen MR) is 86.2 cm³/mol. The van der Waals surface area contributed by atoms with Gasteiger partial charge in [-0.15, -0.1) is 5.10 Å². The highest BCUT2D eigenvalue weighted by Crippen LogP contribution is 2.13. The smallest absolute Gasteiger partial charge is 0.407 e. The van der Waals surface area contributed by atoms with Gasteiger partial charge in [0.1, 0.15) is 6.33 Å². The molecule has 8 nitrogen and oxygen atoms in total. The predicted octanol–water partition coefficient (Wildman–Crippen LogP) is 1.40. The Kier molecular flexibility index (Phi) is 4.20. The van der Waals surface area contributed by atoms with Gasteiger partial charge in [-0.2, -0.15) is 0 Å². The number of carboxylic acid groups (broad SMARTS) is 1. The second-order valence-electron chi connectivity index (χ2n) is 5.93. The zero-order valence-electron chi connectivity index (χ0n) is 13.6. The van der Waals surface area contributed by atoms with E-state index in [4.69, 9.17) is 5.11 Å². The lowest BCUT2D eigenvalue weighted by Gasteiger charge is -2.37. The first-order valence-electron chi connectivity index (χ1n) is 7.73. The molecule has 0 saturated carbocycles. The zero-order valence-corrected chi connectivity index (χ0v) is 13.6. The summed E-state index contributed by atoms with van der Waals surface area (Å²) >= 11 is 0. The molecule has 1 atom stereocenters. The summed E-state index contributed by atoms with van der Waals surface area (Å²) in [6.45, 7) is 4.74. The van der Waals surface area contributed by atoms with Gasteiger partial charge in [-0.3, -0.25) is 4.79 Å². The number of rotatable bonds is 2. The Balaban J connectivity index is 1.74. The van der Waals surface area contributed by atoms with E-state index in [2.05, 4.69) is 10.1 Å². The molecule has 24 heavy (non-hydrogen) atoms. The fourth-order valence-electron chi connectivity index (χ4n) is 2.82. The maximum atomic E-state index is 12.6. The highest BCUT2D eigenvalue weighted by Gasteiger charge is 2.31. The third-order valence-electron chi connectivity index (χ3n) is 4.11. The van der Waals surface area contributed by atoms with Crippen molar-refractivity contribution in [3.63, 3.8) is 0 Å². The number of carbonyl (C=O) groups is 2. The third-order valence-corrected chi connectivity index (χ3v) is 4.11. The number of piperazine rings is 1. The zero-order chi connectivity index (χ0) is 17.3. The van der Waals surface area contributed by atoms with Crippen LogP contribution in [0.25, 0.3) is 5.69 Å². The maximum absolute atomic E-state index is 12.6. The third kappa shape index (κ3) is 3.08. The maximum Gasteiger partial charge on any atom is 0.407 e. The molecule has 2 heterocycles. The van der Waals surface area contributed by atoms with Crippen LogP contribution < -0.4 is 0 Å². The topological polar surface area (TPSA) is 91.6 Å². The number of carbonyl (C=O) groups excluding carboxylic acids is 1. The Morgan fingerprint density at radius 1 is 1.29 bits per heavy atom. The van der Waals surface area contributed by atoms with E-state index in [9.17, 15) is 9.59 Å². The van der Waals surface area contributed by atoms with Gasteiger partial charge in [-0.05, 0) is 31.5 Å². The van der Waals surface area contributed by atoms with E-state index in [-0.39, 0.29) is 17.8 Å². The Morgan fingerprint density at radius 2 is 2.08 bits per heavy atom. The second-order valence-corrected chi connectivity index (χ2v) is 5.93. The number of aryl methyl sites for hydroxylation is 1. The summed E-state index contributed by atoms with van der Waals surface area (Å²) in [6, 6.07) is 7.50. The molecule has 0 bridgehead atoms. The van der Waals surface area contributed by atoms with Crippen molar-refractivity contribution < 1.29 is 14.7 Å². The number of nitrogens with zero attached hydrogens (tertiary/aromatic N) is 5. The van der Waals surface area contributed by atoms with Crippen LogP contribution in [0.15, 0.2) is 30.6 Å². The van der Waals surface area contributed by atoms with Crippen LogP contribution in [0.2, 0.25) is 0 Å². The summed E-state index contributed by atoms with van der Waals surface area (Å²) in [5.74, 6) is -0.161. The number of amides is 2. The Hall–Kier alpha value is -2.90. The Bertz CT molecular complexity index is 773. The molecule has 2 aromatic rings. The molecule has 0 aliphatic carbocycles. The minimum atomic E-state index is -0.962. The van der Waals surface area contributed by atoms with Crippen molar-refractivity contribution in [2.75, 3.05) is 19.6 Å². The lowest BCUT2D eigenvalue weighted by Crippen LogP contribution is -2.55. The summed E-state index contributed by atoms with van der Waals surface area (Å²) in [5.41, 5.74) is 1.93. The molecule has 3 rings (SSSR count). The van der Waals surface area contributed by atoms with Crippen molar-refractivity contribution in [2.24, 2.45) is 0 Å². The van der Waals surface area contributed by atoms with E-state index in [0.717, 1.165) is 11.3 Å². The fourth-order valence-corrected chi connectivity index (χ4v) is 2.82. The molecular weight excluding hydrogens is 310 g/mol. The van der Waals surface area contributed by atoms with Gasteiger partial charge in [0.2, 0.25) is 5.82 Å². The molecule has 1 unspecified atom stereocenters. The molecule has 1 fully saturated rings. The lowest BCUT2D eigenvalue weighted by molar-refractivity contribution is 0.0497. The average molecular weight is 329 g/mol. The molecule has 126 valence electrons. The molecule has 2 amide bonds. The number of hydrogen-bond acceptors (Lipinski definition) is 4. The molecular formula is C16H19N5O3. The van der Waals surface area contributed by atoms with E-state index in [1.165, 1.54) is 11.2 Å². The summed E-state index contributed by atoms with van der Waals surface area (Å²) in [4.78, 5) is 30.7. The van der Waals surface area contributed by atoms with Crippen LogP contribution in [0, 0.1) is 6.92 Å². The van der Waals surface area contributed by atoms with E-state index in [1.54, 1.807) is 16.5 Å². The van der Waals surface area contributed by atoms with Crippen LogP contribution >= 0.6 is 0 Å². The summed E-state index contributed by atoms with van der Waals surface area (Å²) < 4.78 is 1.57. The van der Waals surface area contributed by atoms with E-state index in [0.29, 0.717) is 19.6 Å². The largest absolute Gasteiger partial charge is 0.465 e. The van der Waals surface area contributed by atoms with Crippen molar-refractivity contribution in [1.82, 2.24) is 24.6 Å². The number of benzene rings is 1. The second kappa shape index (κ2) is 6.31. The first-order chi connectivity index (χ1) is 11.5. The molecule has 1 aliphatic heterocycles. The number of aromatic nitrogens is 3. The molecule has 1 aromatic heterocycles. The van der Waals surface area contributed by atoms with Gasteiger partial charge in [-0.1, -0.05) is 12.1 Å². The SMILES string of the molecule is Cc1cccc(-n2cnc(C(=O)N3CCN(C(=O)O)C(C)C3)n2)c1.